The maximum absolute atomic E-state index is 13.3. The van der Waals surface area contributed by atoms with Gasteiger partial charge in [0.25, 0.3) is 0 Å². The molecule has 3 nitrogen and oxygen atoms in total. The standard InChI is InChI=1S/C15H18BrFIN3/c1-4-19-13(11-6-5-10(17)7-12(11)18)8-14-15(16)9(2)20-21(14)3/h5-7,13,19H,4,8H2,1-3H3. The van der Waals surface area contributed by atoms with Gasteiger partial charge in [0.15, 0.2) is 0 Å². The van der Waals surface area contributed by atoms with Crippen LogP contribution < -0.4 is 5.32 Å². The lowest BCUT2D eigenvalue weighted by atomic mass is 10.0. The van der Waals surface area contributed by atoms with Crippen molar-refractivity contribution in [3.8, 4) is 0 Å². The van der Waals surface area contributed by atoms with Gasteiger partial charge in [0.05, 0.1) is 15.9 Å². The molecule has 2 rings (SSSR count). The molecule has 6 heteroatoms. The van der Waals surface area contributed by atoms with Gasteiger partial charge in [-0.25, -0.2) is 4.39 Å². The van der Waals surface area contributed by atoms with Crippen molar-refractivity contribution in [1.29, 1.82) is 0 Å². The van der Waals surface area contributed by atoms with E-state index in [-0.39, 0.29) is 11.9 Å². The molecule has 1 unspecified atom stereocenters. The van der Waals surface area contributed by atoms with E-state index in [0.717, 1.165) is 38.0 Å². The van der Waals surface area contributed by atoms with Crippen LogP contribution in [0.5, 0.6) is 0 Å². The van der Waals surface area contributed by atoms with Crippen LogP contribution in [0.2, 0.25) is 0 Å². The Morgan fingerprint density at radius 3 is 2.71 bits per heavy atom. The Labute approximate surface area is 146 Å². The molecule has 0 radical (unpaired) electrons. The van der Waals surface area contributed by atoms with Crippen LogP contribution in [0.25, 0.3) is 0 Å². The molecular formula is C15H18BrFIN3. The highest BCUT2D eigenvalue weighted by atomic mass is 127. The quantitative estimate of drug-likeness (QED) is 0.673. The van der Waals surface area contributed by atoms with Crippen molar-refractivity contribution in [3.05, 3.63) is 49.0 Å². The second kappa shape index (κ2) is 7.19. The van der Waals surface area contributed by atoms with Crippen molar-refractivity contribution in [2.24, 2.45) is 7.05 Å². The molecule has 2 aromatic rings. The van der Waals surface area contributed by atoms with Crippen molar-refractivity contribution < 1.29 is 4.39 Å². The van der Waals surface area contributed by atoms with Crippen LogP contribution >= 0.6 is 38.5 Å². The van der Waals surface area contributed by atoms with Gasteiger partial charge in [0.1, 0.15) is 5.82 Å². The van der Waals surface area contributed by atoms with E-state index in [4.69, 9.17) is 0 Å². The molecule has 0 aliphatic rings. The Bertz CT molecular complexity index is 642. The number of halogens is 3. The first-order chi connectivity index (χ1) is 9.93. The molecule has 21 heavy (non-hydrogen) atoms. The van der Waals surface area contributed by atoms with E-state index in [2.05, 4.69) is 55.9 Å². The molecule has 1 heterocycles. The van der Waals surface area contributed by atoms with Gasteiger partial charge in [-0.3, -0.25) is 4.68 Å². The van der Waals surface area contributed by atoms with E-state index in [1.807, 2.05) is 24.7 Å². The maximum atomic E-state index is 13.3. The van der Waals surface area contributed by atoms with Crippen LogP contribution in [-0.2, 0) is 13.5 Å². The second-order valence-corrected chi connectivity index (χ2v) is 6.91. The average molecular weight is 466 g/mol. The monoisotopic (exact) mass is 465 g/mol. The molecule has 0 amide bonds. The Kier molecular flexibility index (Phi) is 5.79. The lowest BCUT2D eigenvalue weighted by Gasteiger charge is -2.20. The molecule has 1 atom stereocenters. The van der Waals surface area contributed by atoms with Gasteiger partial charge in [0, 0.05) is 23.1 Å². The SMILES string of the molecule is CCNC(Cc1c(Br)c(C)nn1C)c1ccc(F)cc1I. The Balaban J connectivity index is 2.35. The highest BCUT2D eigenvalue weighted by Gasteiger charge is 2.19. The van der Waals surface area contributed by atoms with Gasteiger partial charge in [-0.2, -0.15) is 5.10 Å². The van der Waals surface area contributed by atoms with Crippen molar-refractivity contribution >= 4 is 38.5 Å². The summed E-state index contributed by atoms with van der Waals surface area (Å²) in [4.78, 5) is 0. The van der Waals surface area contributed by atoms with Crippen LogP contribution in [0.1, 0.15) is 29.9 Å². The van der Waals surface area contributed by atoms with Crippen LogP contribution in [0.3, 0.4) is 0 Å². The first-order valence-corrected chi connectivity index (χ1v) is 8.67. The minimum atomic E-state index is -0.198. The number of hydrogen-bond acceptors (Lipinski definition) is 2. The first-order valence-electron chi connectivity index (χ1n) is 6.80. The smallest absolute Gasteiger partial charge is 0.124 e. The maximum Gasteiger partial charge on any atom is 0.124 e. The summed E-state index contributed by atoms with van der Waals surface area (Å²) < 4.78 is 17.2. The zero-order valence-corrected chi connectivity index (χ0v) is 16.0. The number of aromatic nitrogens is 2. The molecule has 1 aromatic carbocycles. The number of benzene rings is 1. The number of likely N-dealkylation sites (N-methyl/N-ethyl adjacent to an activating group) is 1. The van der Waals surface area contributed by atoms with E-state index in [9.17, 15) is 4.39 Å². The number of nitrogens with one attached hydrogen (secondary N) is 1. The molecule has 114 valence electrons. The molecular weight excluding hydrogens is 448 g/mol. The summed E-state index contributed by atoms with van der Waals surface area (Å²) in [7, 11) is 1.95. The summed E-state index contributed by atoms with van der Waals surface area (Å²) in [6.45, 7) is 4.91. The third kappa shape index (κ3) is 3.84. The number of hydrogen-bond donors (Lipinski definition) is 1. The number of aryl methyl sites for hydroxylation is 2. The van der Waals surface area contributed by atoms with Gasteiger partial charge >= 0.3 is 0 Å². The van der Waals surface area contributed by atoms with Crippen molar-refractivity contribution in [2.75, 3.05) is 6.54 Å². The third-order valence-electron chi connectivity index (χ3n) is 3.45. The molecule has 0 spiro atoms. The number of nitrogens with zero attached hydrogens (tertiary/aromatic N) is 2. The zero-order valence-electron chi connectivity index (χ0n) is 12.3. The first kappa shape index (κ1) is 16.9. The topological polar surface area (TPSA) is 29.9 Å². The van der Waals surface area contributed by atoms with E-state index in [1.165, 1.54) is 6.07 Å². The summed E-state index contributed by atoms with van der Waals surface area (Å²) in [6.07, 6.45) is 0.799. The molecule has 0 saturated carbocycles. The van der Waals surface area contributed by atoms with Crippen LogP contribution in [0, 0.1) is 16.3 Å². The molecule has 1 aromatic heterocycles. The lowest BCUT2D eigenvalue weighted by Crippen LogP contribution is -2.25. The van der Waals surface area contributed by atoms with Crippen molar-refractivity contribution in [1.82, 2.24) is 15.1 Å². The lowest BCUT2D eigenvalue weighted by molar-refractivity contribution is 0.524. The predicted octanol–water partition coefficient (Wildman–Crippen LogP) is 4.13. The van der Waals surface area contributed by atoms with Gasteiger partial charge in [-0.15, -0.1) is 0 Å². The summed E-state index contributed by atoms with van der Waals surface area (Å²) in [6, 6.07) is 5.09. The van der Waals surface area contributed by atoms with Crippen molar-refractivity contribution in [3.63, 3.8) is 0 Å². The fourth-order valence-electron chi connectivity index (χ4n) is 2.42. The average Bonchev–Trinajstić information content (AvgIpc) is 2.65. The van der Waals surface area contributed by atoms with E-state index < -0.39 is 0 Å². The Hall–Kier alpha value is -0.470. The Morgan fingerprint density at radius 1 is 1.48 bits per heavy atom. The van der Waals surface area contributed by atoms with Gasteiger partial charge < -0.3 is 5.32 Å². The Morgan fingerprint density at radius 2 is 2.19 bits per heavy atom. The summed E-state index contributed by atoms with van der Waals surface area (Å²) in [5, 5.41) is 7.92. The minimum absolute atomic E-state index is 0.133. The van der Waals surface area contributed by atoms with E-state index in [0.29, 0.717) is 0 Å². The van der Waals surface area contributed by atoms with Crippen molar-refractivity contribution in [2.45, 2.75) is 26.3 Å². The fraction of sp³-hybridized carbons (Fsp3) is 0.400. The summed E-state index contributed by atoms with van der Waals surface area (Å²) in [5.74, 6) is -0.198. The summed E-state index contributed by atoms with van der Waals surface area (Å²) in [5.41, 5.74) is 3.24. The number of rotatable bonds is 5. The summed E-state index contributed by atoms with van der Waals surface area (Å²) >= 11 is 5.80. The van der Waals surface area contributed by atoms with Crippen LogP contribution in [-0.4, -0.2) is 16.3 Å². The molecule has 0 bridgehead atoms. The van der Waals surface area contributed by atoms with Crippen LogP contribution in [0.4, 0.5) is 4.39 Å². The zero-order chi connectivity index (χ0) is 15.6. The highest BCUT2D eigenvalue weighted by Crippen LogP contribution is 2.28. The van der Waals surface area contributed by atoms with Crippen LogP contribution in [0.15, 0.2) is 22.7 Å². The third-order valence-corrected chi connectivity index (χ3v) is 5.41. The molecule has 1 N–H and O–H groups in total. The van der Waals surface area contributed by atoms with Gasteiger partial charge in [-0.05, 0) is 69.7 Å². The van der Waals surface area contributed by atoms with Gasteiger partial charge in [0.2, 0.25) is 0 Å². The normalized spacial score (nSPS) is 12.7. The molecule has 0 saturated heterocycles. The largest absolute Gasteiger partial charge is 0.310 e. The van der Waals surface area contributed by atoms with E-state index in [1.54, 1.807) is 6.07 Å². The second-order valence-electron chi connectivity index (χ2n) is 4.95. The van der Waals surface area contributed by atoms with E-state index >= 15 is 0 Å². The van der Waals surface area contributed by atoms with Gasteiger partial charge in [-0.1, -0.05) is 13.0 Å². The fourth-order valence-corrected chi connectivity index (χ4v) is 3.77. The molecule has 0 fully saturated rings. The molecule has 0 aliphatic heterocycles. The molecule has 0 aliphatic carbocycles. The predicted molar refractivity (Wildman–Crippen MR) is 94.9 cm³/mol. The highest BCUT2D eigenvalue weighted by molar-refractivity contribution is 14.1. The minimum Gasteiger partial charge on any atom is -0.310 e.